The van der Waals surface area contributed by atoms with Crippen LogP contribution in [0.2, 0.25) is 15.1 Å². The largest absolute Gasteiger partial charge is 0.243 e. The van der Waals surface area contributed by atoms with Gasteiger partial charge < -0.3 is 0 Å². The number of nitrogens with one attached hydrogen (secondary N) is 1. The number of hydrogen-bond donors (Lipinski definition) is 1. The lowest BCUT2D eigenvalue weighted by Crippen LogP contribution is -2.23. The smallest absolute Gasteiger partial charge is 0.207 e. The van der Waals surface area contributed by atoms with Crippen LogP contribution in [0, 0.1) is 0 Å². The normalized spacial score (nSPS) is 11.6. The van der Waals surface area contributed by atoms with Crippen LogP contribution in [-0.4, -0.2) is 8.42 Å². The fourth-order valence-corrected chi connectivity index (χ4v) is 4.71. The maximum Gasteiger partial charge on any atom is 0.243 e. The maximum absolute atomic E-state index is 12.3. The average molecular weight is 430 g/mol. The van der Waals surface area contributed by atoms with Gasteiger partial charge in [-0.25, -0.2) is 13.1 Å². The van der Waals surface area contributed by atoms with Gasteiger partial charge in [0.2, 0.25) is 10.0 Å². The van der Waals surface area contributed by atoms with Gasteiger partial charge in [0, 0.05) is 16.0 Å². The van der Waals surface area contributed by atoms with E-state index in [4.69, 9.17) is 34.8 Å². The predicted molar refractivity (Wildman–Crippen MR) is 89.6 cm³/mol. The van der Waals surface area contributed by atoms with Crippen LogP contribution in [0.3, 0.4) is 0 Å². The summed E-state index contributed by atoms with van der Waals surface area (Å²) in [5.74, 6) is 0. The molecule has 21 heavy (non-hydrogen) atoms. The van der Waals surface area contributed by atoms with Crippen LogP contribution < -0.4 is 4.72 Å². The number of rotatable bonds is 4. The topological polar surface area (TPSA) is 46.2 Å². The second-order valence-electron chi connectivity index (χ2n) is 4.15. The number of benzene rings is 2. The first-order chi connectivity index (χ1) is 9.79. The monoisotopic (exact) mass is 427 g/mol. The van der Waals surface area contributed by atoms with Crippen LogP contribution >= 0.6 is 50.7 Å². The molecule has 112 valence electrons. The van der Waals surface area contributed by atoms with Gasteiger partial charge in [0.05, 0.1) is 10.0 Å². The van der Waals surface area contributed by atoms with Crippen molar-refractivity contribution in [3.05, 3.63) is 61.5 Å². The molecule has 0 spiro atoms. The second-order valence-corrected chi connectivity index (χ2v) is 8.02. The van der Waals surface area contributed by atoms with E-state index in [1.54, 1.807) is 24.3 Å². The molecule has 0 aliphatic rings. The number of sulfonamides is 1. The van der Waals surface area contributed by atoms with Gasteiger partial charge in [-0.05, 0) is 29.8 Å². The lowest BCUT2D eigenvalue weighted by Gasteiger charge is -2.10. The van der Waals surface area contributed by atoms with Gasteiger partial charge in [0.25, 0.3) is 0 Å². The van der Waals surface area contributed by atoms with Crippen LogP contribution in [0.25, 0.3) is 0 Å². The van der Waals surface area contributed by atoms with Crippen molar-refractivity contribution in [3.8, 4) is 0 Å². The minimum absolute atomic E-state index is 0.0537. The van der Waals surface area contributed by atoms with E-state index in [2.05, 4.69) is 20.7 Å². The Labute approximate surface area is 146 Å². The highest BCUT2D eigenvalue weighted by atomic mass is 79.9. The molecule has 0 saturated heterocycles. The zero-order chi connectivity index (χ0) is 15.6. The first-order valence-electron chi connectivity index (χ1n) is 5.68. The van der Waals surface area contributed by atoms with E-state index in [0.29, 0.717) is 9.50 Å². The van der Waals surface area contributed by atoms with Crippen molar-refractivity contribution in [2.75, 3.05) is 0 Å². The van der Waals surface area contributed by atoms with Crippen LogP contribution in [0.15, 0.2) is 45.8 Å². The molecule has 0 saturated carbocycles. The highest BCUT2D eigenvalue weighted by molar-refractivity contribution is 9.10. The molecule has 0 bridgehead atoms. The first kappa shape index (κ1) is 17.1. The van der Waals surface area contributed by atoms with Gasteiger partial charge >= 0.3 is 0 Å². The molecule has 8 heteroatoms. The van der Waals surface area contributed by atoms with E-state index >= 15 is 0 Å². The summed E-state index contributed by atoms with van der Waals surface area (Å²) in [4.78, 5) is -0.136. The molecule has 0 fully saturated rings. The molecule has 0 unspecified atom stereocenters. The van der Waals surface area contributed by atoms with Crippen molar-refractivity contribution < 1.29 is 8.42 Å². The molecule has 0 aromatic heterocycles. The van der Waals surface area contributed by atoms with Crippen LogP contribution in [-0.2, 0) is 16.6 Å². The summed E-state index contributed by atoms with van der Waals surface area (Å²) < 4.78 is 27.7. The van der Waals surface area contributed by atoms with E-state index in [0.717, 1.165) is 5.56 Å². The molecule has 0 atom stereocenters. The summed E-state index contributed by atoms with van der Waals surface area (Å²) >= 11 is 20.9. The minimum atomic E-state index is -3.81. The second kappa shape index (κ2) is 6.86. The third-order valence-corrected chi connectivity index (χ3v) is 5.64. The lowest BCUT2D eigenvalue weighted by atomic mass is 10.2. The first-order valence-corrected chi connectivity index (χ1v) is 9.09. The van der Waals surface area contributed by atoms with Crippen molar-refractivity contribution in [3.63, 3.8) is 0 Å². The molecule has 1 N–H and O–H groups in total. The molecule has 2 aromatic rings. The predicted octanol–water partition coefficient (Wildman–Crippen LogP) is 4.89. The molecular formula is C13H9BrCl3NO2S. The van der Waals surface area contributed by atoms with Crippen molar-refractivity contribution in [2.45, 2.75) is 11.4 Å². The SMILES string of the molecule is O=S(=O)(NCc1ccc(Cl)cc1)c1c(Cl)cc(Br)cc1Cl. The standard InChI is InChI=1S/C13H9BrCl3NO2S/c14-9-5-11(16)13(12(17)6-9)21(19,20)18-7-8-1-3-10(15)4-2-8/h1-6,18H,7H2. The number of hydrogen-bond acceptors (Lipinski definition) is 2. The Morgan fingerprint density at radius 1 is 1.00 bits per heavy atom. The molecule has 0 aliphatic heterocycles. The summed E-state index contributed by atoms with van der Waals surface area (Å²) in [7, 11) is -3.81. The maximum atomic E-state index is 12.3. The summed E-state index contributed by atoms with van der Waals surface area (Å²) in [5.41, 5.74) is 0.771. The Morgan fingerprint density at radius 3 is 2.05 bits per heavy atom. The van der Waals surface area contributed by atoms with Crippen LogP contribution in [0.4, 0.5) is 0 Å². The Morgan fingerprint density at radius 2 is 1.52 bits per heavy atom. The third-order valence-electron chi connectivity index (χ3n) is 2.61. The molecule has 3 nitrogen and oxygen atoms in total. The van der Waals surface area contributed by atoms with Crippen molar-refractivity contribution in [1.82, 2.24) is 4.72 Å². The third kappa shape index (κ3) is 4.34. The summed E-state index contributed by atoms with van der Waals surface area (Å²) in [6.07, 6.45) is 0. The van der Waals surface area contributed by atoms with Gasteiger partial charge in [-0.15, -0.1) is 0 Å². The zero-order valence-electron chi connectivity index (χ0n) is 10.4. The molecule has 0 amide bonds. The Kier molecular flexibility index (Phi) is 5.57. The zero-order valence-corrected chi connectivity index (χ0v) is 15.1. The fraction of sp³-hybridized carbons (Fsp3) is 0.0769. The quantitative estimate of drug-likeness (QED) is 0.752. The van der Waals surface area contributed by atoms with E-state index < -0.39 is 10.0 Å². The molecule has 0 radical (unpaired) electrons. The molecule has 2 aromatic carbocycles. The highest BCUT2D eigenvalue weighted by Gasteiger charge is 2.22. The van der Waals surface area contributed by atoms with Gasteiger partial charge in [0.1, 0.15) is 4.90 Å². The van der Waals surface area contributed by atoms with Gasteiger partial charge in [-0.3, -0.25) is 0 Å². The van der Waals surface area contributed by atoms with E-state index in [9.17, 15) is 8.42 Å². The van der Waals surface area contributed by atoms with Gasteiger partial charge in [-0.2, -0.15) is 0 Å². The summed E-state index contributed by atoms with van der Waals surface area (Å²) in [6.45, 7) is 0.113. The summed E-state index contributed by atoms with van der Waals surface area (Å²) in [5, 5.41) is 0.691. The van der Waals surface area contributed by atoms with Crippen molar-refractivity contribution in [1.29, 1.82) is 0 Å². The molecule has 2 rings (SSSR count). The lowest BCUT2D eigenvalue weighted by molar-refractivity contribution is 0.581. The van der Waals surface area contributed by atoms with E-state index in [1.165, 1.54) is 12.1 Å². The van der Waals surface area contributed by atoms with Crippen LogP contribution in [0.1, 0.15) is 5.56 Å². The Balaban J connectivity index is 2.25. The van der Waals surface area contributed by atoms with Gasteiger partial charge in [0.15, 0.2) is 0 Å². The minimum Gasteiger partial charge on any atom is -0.207 e. The van der Waals surface area contributed by atoms with Crippen molar-refractivity contribution in [2.24, 2.45) is 0 Å². The molecule has 0 heterocycles. The number of halogens is 4. The van der Waals surface area contributed by atoms with Gasteiger partial charge in [-0.1, -0.05) is 62.9 Å². The average Bonchev–Trinajstić information content (AvgIpc) is 2.36. The fourth-order valence-electron chi connectivity index (χ4n) is 1.64. The van der Waals surface area contributed by atoms with E-state index in [1.807, 2.05) is 0 Å². The highest BCUT2D eigenvalue weighted by Crippen LogP contribution is 2.32. The summed E-state index contributed by atoms with van der Waals surface area (Å²) in [6, 6.07) is 9.79. The van der Waals surface area contributed by atoms with Crippen LogP contribution in [0.5, 0.6) is 0 Å². The van der Waals surface area contributed by atoms with Crippen molar-refractivity contribution >= 4 is 60.8 Å². The molecular weight excluding hydrogens is 420 g/mol. The Hall–Kier alpha value is -0.300. The van der Waals surface area contributed by atoms with E-state index in [-0.39, 0.29) is 21.5 Å². The Bertz CT molecular complexity index is 740. The molecule has 0 aliphatic carbocycles.